The highest BCUT2D eigenvalue weighted by Gasteiger charge is 2.13. The minimum atomic E-state index is 0.536. The number of halogens is 2. The number of anilines is 1. The van der Waals surface area contributed by atoms with Crippen LogP contribution in [0.5, 0.6) is 0 Å². The van der Waals surface area contributed by atoms with E-state index >= 15 is 0 Å². The second kappa shape index (κ2) is 4.73. The van der Waals surface area contributed by atoms with Gasteiger partial charge in [-0.25, -0.2) is 0 Å². The summed E-state index contributed by atoms with van der Waals surface area (Å²) in [5, 5.41) is 4.42. The Kier molecular flexibility index (Phi) is 3.52. The second-order valence-electron chi connectivity index (χ2n) is 3.95. The number of fused-ring (bicyclic) bond motifs is 1. The summed E-state index contributed by atoms with van der Waals surface area (Å²) in [4.78, 5) is 0. The van der Waals surface area contributed by atoms with Crippen molar-refractivity contribution in [1.29, 1.82) is 0 Å². The predicted octanol–water partition coefficient (Wildman–Crippen LogP) is 4.07. The monoisotopic (exact) mass is 275 g/mol. The maximum atomic E-state index is 6.14. The SMILES string of the molecule is CC(C)CNc1c(Cl)cc(Cl)c2nsnc12. The zero-order chi connectivity index (χ0) is 11.7. The number of hydrogen-bond acceptors (Lipinski definition) is 4. The fourth-order valence-electron chi connectivity index (χ4n) is 1.35. The van der Waals surface area contributed by atoms with Gasteiger partial charge in [0.25, 0.3) is 0 Å². The van der Waals surface area contributed by atoms with Gasteiger partial charge in [0.05, 0.1) is 27.5 Å². The minimum absolute atomic E-state index is 0.536. The van der Waals surface area contributed by atoms with Crippen LogP contribution >= 0.6 is 34.9 Å². The molecule has 1 N–H and O–H groups in total. The van der Waals surface area contributed by atoms with Crippen molar-refractivity contribution in [2.45, 2.75) is 13.8 Å². The number of nitrogens with one attached hydrogen (secondary N) is 1. The van der Waals surface area contributed by atoms with E-state index in [9.17, 15) is 0 Å². The summed E-state index contributed by atoms with van der Waals surface area (Å²) in [5.41, 5.74) is 2.29. The minimum Gasteiger partial charge on any atom is -0.382 e. The first-order valence-electron chi connectivity index (χ1n) is 4.93. The van der Waals surface area contributed by atoms with Gasteiger partial charge in [-0.3, -0.25) is 0 Å². The third-order valence-corrected chi connectivity index (χ3v) is 3.25. The molecule has 86 valence electrons. The molecule has 0 fully saturated rings. The highest BCUT2D eigenvalue weighted by molar-refractivity contribution is 7.00. The summed E-state index contributed by atoms with van der Waals surface area (Å²) in [6.07, 6.45) is 0. The van der Waals surface area contributed by atoms with Gasteiger partial charge in [0.1, 0.15) is 11.0 Å². The predicted molar refractivity (Wildman–Crippen MR) is 70.8 cm³/mol. The molecular weight excluding hydrogens is 265 g/mol. The molecule has 2 rings (SSSR count). The molecule has 0 saturated heterocycles. The lowest BCUT2D eigenvalue weighted by atomic mass is 10.2. The van der Waals surface area contributed by atoms with Gasteiger partial charge in [-0.15, -0.1) is 0 Å². The van der Waals surface area contributed by atoms with Crippen LogP contribution < -0.4 is 5.32 Å². The first-order chi connectivity index (χ1) is 7.59. The van der Waals surface area contributed by atoms with E-state index in [-0.39, 0.29) is 0 Å². The van der Waals surface area contributed by atoms with E-state index in [1.165, 1.54) is 0 Å². The maximum absolute atomic E-state index is 6.14. The molecule has 2 aromatic rings. The average molecular weight is 276 g/mol. The number of rotatable bonds is 3. The van der Waals surface area contributed by atoms with Crippen molar-refractivity contribution in [3.05, 3.63) is 16.1 Å². The largest absolute Gasteiger partial charge is 0.382 e. The van der Waals surface area contributed by atoms with Gasteiger partial charge in [0, 0.05) is 6.54 Å². The van der Waals surface area contributed by atoms with E-state index in [0.717, 1.165) is 29.5 Å². The van der Waals surface area contributed by atoms with Gasteiger partial charge in [-0.1, -0.05) is 37.0 Å². The van der Waals surface area contributed by atoms with Crippen molar-refractivity contribution < 1.29 is 0 Å². The Morgan fingerprint density at radius 1 is 1.25 bits per heavy atom. The van der Waals surface area contributed by atoms with Crippen molar-refractivity contribution in [1.82, 2.24) is 8.75 Å². The molecule has 0 amide bonds. The summed E-state index contributed by atoms with van der Waals surface area (Å²) in [6.45, 7) is 5.11. The molecule has 1 aromatic heterocycles. The molecule has 3 nitrogen and oxygen atoms in total. The van der Waals surface area contributed by atoms with Gasteiger partial charge in [0.15, 0.2) is 0 Å². The summed E-state index contributed by atoms with van der Waals surface area (Å²) in [7, 11) is 0. The molecule has 1 heterocycles. The maximum Gasteiger partial charge on any atom is 0.130 e. The molecule has 0 aliphatic rings. The van der Waals surface area contributed by atoms with Crippen LogP contribution in [0.15, 0.2) is 6.07 Å². The van der Waals surface area contributed by atoms with E-state index in [2.05, 4.69) is 27.9 Å². The molecule has 6 heteroatoms. The summed E-state index contributed by atoms with van der Waals surface area (Å²) in [6, 6.07) is 1.70. The summed E-state index contributed by atoms with van der Waals surface area (Å²) >= 11 is 13.3. The number of hydrogen-bond donors (Lipinski definition) is 1. The van der Waals surface area contributed by atoms with E-state index in [0.29, 0.717) is 21.5 Å². The molecule has 1 aromatic carbocycles. The Labute approximate surface area is 108 Å². The average Bonchev–Trinajstić information content (AvgIpc) is 2.65. The van der Waals surface area contributed by atoms with Crippen LogP contribution in [0.25, 0.3) is 11.0 Å². The standard InChI is InChI=1S/C10H11Cl2N3S/c1-5(2)4-13-8-6(11)3-7(12)9-10(8)15-16-14-9/h3,5,13H,4H2,1-2H3. The lowest BCUT2D eigenvalue weighted by Gasteiger charge is -2.11. The third-order valence-electron chi connectivity index (χ3n) is 2.13. The molecule has 0 aliphatic heterocycles. The summed E-state index contributed by atoms with van der Waals surface area (Å²) < 4.78 is 8.36. The Morgan fingerprint density at radius 2 is 1.94 bits per heavy atom. The van der Waals surface area contributed by atoms with Gasteiger partial charge in [0.2, 0.25) is 0 Å². The first-order valence-corrected chi connectivity index (χ1v) is 6.42. The zero-order valence-electron chi connectivity index (χ0n) is 8.92. The molecule has 0 bridgehead atoms. The van der Waals surface area contributed by atoms with Crippen molar-refractivity contribution in [3.8, 4) is 0 Å². The van der Waals surface area contributed by atoms with Crippen LogP contribution in [0.1, 0.15) is 13.8 Å². The Morgan fingerprint density at radius 3 is 2.62 bits per heavy atom. The molecule has 0 radical (unpaired) electrons. The lowest BCUT2D eigenvalue weighted by Crippen LogP contribution is -2.08. The molecule has 0 atom stereocenters. The van der Waals surface area contributed by atoms with Crippen LogP contribution in [0.4, 0.5) is 5.69 Å². The van der Waals surface area contributed by atoms with Gasteiger partial charge >= 0.3 is 0 Å². The lowest BCUT2D eigenvalue weighted by molar-refractivity contribution is 0.689. The van der Waals surface area contributed by atoms with Crippen LogP contribution in [-0.4, -0.2) is 15.3 Å². The smallest absolute Gasteiger partial charge is 0.130 e. The van der Waals surface area contributed by atoms with Crippen molar-refractivity contribution >= 4 is 51.7 Å². The first kappa shape index (κ1) is 11.9. The van der Waals surface area contributed by atoms with Crippen molar-refractivity contribution in [2.24, 2.45) is 5.92 Å². The fraction of sp³-hybridized carbons (Fsp3) is 0.400. The molecular formula is C10H11Cl2N3S. The molecule has 0 unspecified atom stereocenters. The van der Waals surface area contributed by atoms with Crippen LogP contribution in [0, 0.1) is 5.92 Å². The van der Waals surface area contributed by atoms with Gasteiger partial charge < -0.3 is 5.32 Å². The Balaban J connectivity index is 2.46. The highest BCUT2D eigenvalue weighted by Crippen LogP contribution is 2.35. The molecule has 0 saturated carbocycles. The normalized spacial score (nSPS) is 11.3. The van der Waals surface area contributed by atoms with Crippen LogP contribution in [0.3, 0.4) is 0 Å². The molecule has 16 heavy (non-hydrogen) atoms. The van der Waals surface area contributed by atoms with Crippen molar-refractivity contribution in [2.75, 3.05) is 11.9 Å². The van der Waals surface area contributed by atoms with Crippen molar-refractivity contribution in [3.63, 3.8) is 0 Å². The van der Waals surface area contributed by atoms with Crippen LogP contribution in [-0.2, 0) is 0 Å². The molecule has 0 aliphatic carbocycles. The van der Waals surface area contributed by atoms with E-state index < -0.39 is 0 Å². The quantitative estimate of drug-likeness (QED) is 0.918. The summed E-state index contributed by atoms with van der Waals surface area (Å²) in [5.74, 6) is 0.536. The van der Waals surface area contributed by atoms with Gasteiger partial charge in [-0.05, 0) is 12.0 Å². The third kappa shape index (κ3) is 2.24. The molecule has 0 spiro atoms. The van der Waals surface area contributed by atoms with E-state index in [1.807, 2.05) is 0 Å². The second-order valence-corrected chi connectivity index (χ2v) is 5.29. The van der Waals surface area contributed by atoms with Gasteiger partial charge in [-0.2, -0.15) is 8.75 Å². The number of aromatic nitrogens is 2. The number of benzene rings is 1. The topological polar surface area (TPSA) is 37.8 Å². The van der Waals surface area contributed by atoms with E-state index in [4.69, 9.17) is 23.2 Å². The van der Waals surface area contributed by atoms with E-state index in [1.54, 1.807) is 6.07 Å². The Bertz CT molecular complexity index is 510. The van der Waals surface area contributed by atoms with Crippen LogP contribution in [0.2, 0.25) is 10.0 Å². The highest BCUT2D eigenvalue weighted by atomic mass is 35.5. The Hall–Kier alpha value is -0.580. The zero-order valence-corrected chi connectivity index (χ0v) is 11.2. The number of nitrogens with zero attached hydrogens (tertiary/aromatic N) is 2. The fourth-order valence-corrected chi connectivity index (χ4v) is 2.53.